The van der Waals surface area contributed by atoms with Crippen molar-refractivity contribution in [2.45, 2.75) is 23.2 Å². The number of fused-ring (bicyclic) bond motifs is 1. The lowest BCUT2D eigenvalue weighted by Gasteiger charge is -2.13. The van der Waals surface area contributed by atoms with Crippen LogP contribution in [0, 0.1) is 0 Å². The SMILES string of the molecule is CSc1ccc(Oc2ccc3nc(COc4ccc(CC(SC)C(=O)NC=O)cc4)n(C)c3c2)cc1. The number of benzene rings is 3. The molecule has 0 aliphatic heterocycles. The van der Waals surface area contributed by atoms with Gasteiger partial charge in [0.15, 0.2) is 0 Å². The van der Waals surface area contributed by atoms with E-state index < -0.39 is 0 Å². The number of amides is 2. The van der Waals surface area contributed by atoms with Crippen molar-refractivity contribution in [1.82, 2.24) is 14.9 Å². The van der Waals surface area contributed by atoms with E-state index in [-0.39, 0.29) is 11.2 Å². The van der Waals surface area contributed by atoms with Gasteiger partial charge in [0.2, 0.25) is 12.3 Å². The molecular formula is C27H27N3O4S2. The minimum absolute atomic E-state index is 0.290. The Morgan fingerprint density at radius 2 is 1.72 bits per heavy atom. The van der Waals surface area contributed by atoms with Gasteiger partial charge in [0.05, 0.1) is 16.3 Å². The zero-order chi connectivity index (χ0) is 25.5. The fourth-order valence-electron chi connectivity index (χ4n) is 3.71. The number of carbonyl (C=O) groups excluding carboxylic acids is 2. The molecule has 1 unspecified atom stereocenters. The van der Waals surface area contributed by atoms with Crippen molar-refractivity contribution in [1.29, 1.82) is 0 Å². The summed E-state index contributed by atoms with van der Waals surface area (Å²) in [6, 6.07) is 21.4. The summed E-state index contributed by atoms with van der Waals surface area (Å²) >= 11 is 3.10. The molecule has 0 fully saturated rings. The third-order valence-electron chi connectivity index (χ3n) is 5.73. The van der Waals surface area contributed by atoms with Crippen molar-refractivity contribution in [3.63, 3.8) is 0 Å². The average molecular weight is 522 g/mol. The highest BCUT2D eigenvalue weighted by molar-refractivity contribution is 8.00. The molecule has 0 bridgehead atoms. The molecule has 0 aliphatic rings. The molecule has 186 valence electrons. The Morgan fingerprint density at radius 3 is 2.39 bits per heavy atom. The smallest absolute Gasteiger partial charge is 0.239 e. The van der Waals surface area contributed by atoms with Gasteiger partial charge in [-0.3, -0.25) is 14.9 Å². The van der Waals surface area contributed by atoms with Crippen molar-refractivity contribution in [3.05, 3.63) is 78.1 Å². The van der Waals surface area contributed by atoms with Crippen LogP contribution < -0.4 is 14.8 Å². The first-order chi connectivity index (χ1) is 17.5. The van der Waals surface area contributed by atoms with Crippen LogP contribution in [0.3, 0.4) is 0 Å². The second-order valence-electron chi connectivity index (χ2n) is 8.00. The lowest BCUT2D eigenvalue weighted by Crippen LogP contribution is -2.32. The molecule has 36 heavy (non-hydrogen) atoms. The molecule has 4 rings (SSSR count). The van der Waals surface area contributed by atoms with Gasteiger partial charge >= 0.3 is 0 Å². The summed E-state index contributed by atoms with van der Waals surface area (Å²) in [6.45, 7) is 0.312. The van der Waals surface area contributed by atoms with E-state index in [0.29, 0.717) is 25.2 Å². The number of imide groups is 1. The van der Waals surface area contributed by atoms with Crippen LogP contribution in [0.2, 0.25) is 0 Å². The van der Waals surface area contributed by atoms with Crippen LogP contribution in [0.25, 0.3) is 11.0 Å². The van der Waals surface area contributed by atoms with E-state index in [9.17, 15) is 9.59 Å². The Kier molecular flexibility index (Phi) is 8.56. The van der Waals surface area contributed by atoms with E-state index in [2.05, 4.69) is 5.32 Å². The summed E-state index contributed by atoms with van der Waals surface area (Å²) in [5.41, 5.74) is 2.81. The third kappa shape index (κ3) is 6.22. The number of nitrogens with one attached hydrogen (secondary N) is 1. The summed E-state index contributed by atoms with van der Waals surface area (Å²) in [5, 5.41) is 1.89. The quantitative estimate of drug-likeness (QED) is 0.214. The zero-order valence-electron chi connectivity index (χ0n) is 20.3. The topological polar surface area (TPSA) is 82.5 Å². The second kappa shape index (κ2) is 12.0. The highest BCUT2D eigenvalue weighted by Gasteiger charge is 2.17. The van der Waals surface area contributed by atoms with Gasteiger partial charge in [-0.1, -0.05) is 12.1 Å². The molecule has 0 spiro atoms. The molecule has 0 aliphatic carbocycles. The highest BCUT2D eigenvalue weighted by Crippen LogP contribution is 2.28. The van der Waals surface area contributed by atoms with E-state index in [0.717, 1.165) is 33.9 Å². The van der Waals surface area contributed by atoms with Crippen LogP contribution in [0.5, 0.6) is 17.2 Å². The van der Waals surface area contributed by atoms with E-state index in [1.165, 1.54) is 16.7 Å². The van der Waals surface area contributed by atoms with E-state index in [1.54, 1.807) is 11.8 Å². The molecule has 1 aromatic heterocycles. The predicted molar refractivity (Wildman–Crippen MR) is 145 cm³/mol. The Balaban J connectivity index is 1.40. The average Bonchev–Trinajstić information content (AvgIpc) is 3.22. The zero-order valence-corrected chi connectivity index (χ0v) is 21.9. The van der Waals surface area contributed by atoms with Crippen LogP contribution in [-0.4, -0.2) is 39.6 Å². The monoisotopic (exact) mass is 521 g/mol. The van der Waals surface area contributed by atoms with E-state index in [4.69, 9.17) is 14.5 Å². The van der Waals surface area contributed by atoms with Gasteiger partial charge in [-0.25, -0.2) is 4.98 Å². The fraction of sp³-hybridized carbons (Fsp3) is 0.222. The predicted octanol–water partition coefficient (Wildman–Crippen LogP) is 5.21. The summed E-state index contributed by atoms with van der Waals surface area (Å²) in [7, 11) is 1.96. The number of imidazole rings is 1. The standard InChI is InChI=1S/C27H27N3O4S2/c1-30-24-15-21(34-20-8-11-22(35-2)12-9-20)10-13-23(24)29-26(30)16-33-19-6-4-18(5-7-19)14-25(36-3)27(32)28-17-31/h4-13,15,17,25H,14,16H2,1-3H3,(H,28,31,32). The maximum atomic E-state index is 11.9. The van der Waals surface area contributed by atoms with Crippen LogP contribution >= 0.6 is 23.5 Å². The first kappa shape index (κ1) is 25.7. The summed E-state index contributed by atoms with van der Waals surface area (Å²) in [5.74, 6) is 2.75. The Bertz CT molecular complexity index is 1340. The highest BCUT2D eigenvalue weighted by atomic mass is 32.2. The number of hydrogen-bond donors (Lipinski definition) is 1. The van der Waals surface area contributed by atoms with Gasteiger partial charge in [0.1, 0.15) is 29.7 Å². The summed E-state index contributed by atoms with van der Waals surface area (Å²) < 4.78 is 14.0. The van der Waals surface area contributed by atoms with Gasteiger partial charge in [-0.2, -0.15) is 11.8 Å². The first-order valence-electron chi connectivity index (χ1n) is 11.3. The lowest BCUT2D eigenvalue weighted by atomic mass is 10.1. The number of carbonyl (C=O) groups is 2. The Hall–Kier alpha value is -3.43. The maximum Gasteiger partial charge on any atom is 0.239 e. The number of thioether (sulfide) groups is 2. The van der Waals surface area contributed by atoms with E-state index in [1.807, 2.05) is 90.9 Å². The van der Waals surface area contributed by atoms with Gasteiger partial charge < -0.3 is 14.0 Å². The Morgan fingerprint density at radius 1 is 1.03 bits per heavy atom. The minimum atomic E-state index is -0.328. The number of aryl methyl sites for hydroxylation is 1. The fourth-order valence-corrected chi connectivity index (χ4v) is 4.76. The van der Waals surface area contributed by atoms with E-state index >= 15 is 0 Å². The molecule has 2 amide bonds. The number of nitrogens with zero attached hydrogens (tertiary/aromatic N) is 2. The molecular weight excluding hydrogens is 494 g/mol. The van der Waals surface area contributed by atoms with Gasteiger partial charge in [0.25, 0.3) is 0 Å². The van der Waals surface area contributed by atoms with Gasteiger partial charge in [0, 0.05) is 18.0 Å². The van der Waals surface area contributed by atoms with Crippen molar-refractivity contribution in [2.75, 3.05) is 12.5 Å². The third-order valence-corrected chi connectivity index (χ3v) is 7.42. The van der Waals surface area contributed by atoms with Crippen molar-refractivity contribution < 1.29 is 19.1 Å². The molecule has 0 saturated heterocycles. The van der Waals surface area contributed by atoms with Crippen LogP contribution in [0.4, 0.5) is 0 Å². The van der Waals surface area contributed by atoms with Crippen LogP contribution in [-0.2, 0) is 29.7 Å². The molecule has 4 aromatic rings. The molecule has 9 heteroatoms. The van der Waals surface area contributed by atoms with Crippen molar-refractivity contribution >= 4 is 46.9 Å². The second-order valence-corrected chi connectivity index (χ2v) is 9.92. The van der Waals surface area contributed by atoms with Crippen molar-refractivity contribution in [2.24, 2.45) is 7.05 Å². The lowest BCUT2D eigenvalue weighted by molar-refractivity contribution is -0.124. The number of rotatable bonds is 11. The normalized spacial score (nSPS) is 11.8. The number of aromatic nitrogens is 2. The summed E-state index contributed by atoms with van der Waals surface area (Å²) in [4.78, 5) is 28.4. The molecule has 0 saturated carbocycles. The molecule has 3 aromatic carbocycles. The van der Waals surface area contributed by atoms with Gasteiger partial charge in [-0.05, 0) is 73.0 Å². The molecule has 1 atom stereocenters. The number of hydrogen-bond acceptors (Lipinski definition) is 7. The molecule has 1 heterocycles. The van der Waals surface area contributed by atoms with Crippen LogP contribution in [0.1, 0.15) is 11.4 Å². The molecule has 7 nitrogen and oxygen atoms in total. The molecule has 1 N–H and O–H groups in total. The summed E-state index contributed by atoms with van der Waals surface area (Å²) in [6.07, 6.45) is 4.84. The maximum absolute atomic E-state index is 11.9. The minimum Gasteiger partial charge on any atom is -0.486 e. The van der Waals surface area contributed by atoms with Gasteiger partial charge in [-0.15, -0.1) is 11.8 Å². The van der Waals surface area contributed by atoms with Crippen LogP contribution in [0.15, 0.2) is 71.6 Å². The molecule has 0 radical (unpaired) electrons. The van der Waals surface area contributed by atoms with Crippen molar-refractivity contribution in [3.8, 4) is 17.2 Å². The number of ether oxygens (including phenoxy) is 2. The first-order valence-corrected chi connectivity index (χ1v) is 13.8. The Labute approximate surface area is 218 Å². The largest absolute Gasteiger partial charge is 0.486 e.